The third kappa shape index (κ3) is 4.34. The van der Waals surface area contributed by atoms with Crippen molar-refractivity contribution >= 4 is 11.9 Å². The van der Waals surface area contributed by atoms with Gasteiger partial charge in [-0.1, -0.05) is 48.5 Å². The zero-order valence-corrected chi connectivity index (χ0v) is 20.4. The van der Waals surface area contributed by atoms with E-state index in [1.165, 1.54) is 6.07 Å². The second kappa shape index (κ2) is 9.54. The Kier molecular flexibility index (Phi) is 6.18. The predicted octanol–water partition coefficient (Wildman–Crippen LogP) is 5.71. The zero-order chi connectivity index (χ0) is 26.4. The zero-order valence-electron chi connectivity index (χ0n) is 20.4. The number of fused-ring (bicyclic) bond motifs is 5. The normalized spacial score (nSPS) is 22.5. The summed E-state index contributed by atoms with van der Waals surface area (Å²) in [5, 5.41) is 0. The molecule has 38 heavy (non-hydrogen) atoms. The van der Waals surface area contributed by atoms with Crippen LogP contribution >= 0.6 is 0 Å². The monoisotopic (exact) mass is 522 g/mol. The summed E-state index contributed by atoms with van der Waals surface area (Å²) in [5.74, 6) is -0.769. The predicted molar refractivity (Wildman–Crippen MR) is 132 cm³/mol. The minimum atomic E-state index is -4.57. The molecule has 3 heterocycles. The van der Waals surface area contributed by atoms with Crippen LogP contribution in [0, 0.1) is 5.92 Å². The van der Waals surface area contributed by atoms with Crippen molar-refractivity contribution in [3.05, 3.63) is 89.2 Å². The number of ketones is 1. The average molecular weight is 523 g/mol. The first-order valence-electron chi connectivity index (χ1n) is 12.6. The molecule has 0 saturated carbocycles. The average Bonchev–Trinajstić information content (AvgIpc) is 3.24. The van der Waals surface area contributed by atoms with Crippen LogP contribution in [-0.2, 0) is 15.7 Å². The van der Waals surface area contributed by atoms with Gasteiger partial charge in [0.2, 0.25) is 0 Å². The Morgan fingerprint density at radius 3 is 2.08 bits per heavy atom. The molecule has 2 saturated heterocycles. The molecule has 2 unspecified atom stereocenters. The molecule has 1 amide bonds. The van der Waals surface area contributed by atoms with Gasteiger partial charge in [0.05, 0.1) is 25.3 Å². The minimum absolute atomic E-state index is 0.0614. The number of carbonyl (C=O) groups excluding carboxylic acids is 2. The van der Waals surface area contributed by atoms with Crippen molar-refractivity contribution < 1.29 is 32.2 Å². The number of morpholine rings is 1. The van der Waals surface area contributed by atoms with Crippen molar-refractivity contribution in [2.75, 3.05) is 19.8 Å². The molecule has 2 aromatic carbocycles. The van der Waals surface area contributed by atoms with E-state index in [9.17, 15) is 22.8 Å². The summed E-state index contributed by atoms with van der Waals surface area (Å²) in [6, 6.07) is 17.5. The first kappa shape index (κ1) is 24.6. The fourth-order valence-corrected chi connectivity index (χ4v) is 6.04. The first-order valence-corrected chi connectivity index (χ1v) is 12.6. The van der Waals surface area contributed by atoms with Crippen LogP contribution in [0.4, 0.5) is 18.0 Å². The number of hydrogen-bond donors (Lipinski definition) is 0. The van der Waals surface area contributed by atoms with Crippen LogP contribution in [0.25, 0.3) is 11.1 Å². The standard InChI is InChI=1S/C29H25F3N2O4/c30-29(31,32)26-10-9-17(13-33-26)27(35)18-11-19-14-37-15-20(12-18)34(19)28(36)38-16-25-23-7-3-1-5-21(23)22-6-2-4-8-24(22)25/h1-10,13,18-20,25H,11-12,14-16H2. The summed E-state index contributed by atoms with van der Waals surface area (Å²) in [5.41, 5.74) is 3.64. The summed E-state index contributed by atoms with van der Waals surface area (Å²) in [6.07, 6.45) is -3.33. The highest BCUT2D eigenvalue weighted by molar-refractivity contribution is 5.97. The third-order valence-corrected chi connectivity index (χ3v) is 7.78. The van der Waals surface area contributed by atoms with Gasteiger partial charge in [0.1, 0.15) is 12.3 Å². The van der Waals surface area contributed by atoms with E-state index in [1.807, 2.05) is 24.3 Å². The van der Waals surface area contributed by atoms with Crippen molar-refractivity contribution in [2.45, 2.75) is 37.0 Å². The molecule has 0 N–H and O–H groups in total. The van der Waals surface area contributed by atoms with Crippen LogP contribution in [0.5, 0.6) is 0 Å². The quantitative estimate of drug-likeness (QED) is 0.411. The highest BCUT2D eigenvalue weighted by atomic mass is 19.4. The van der Waals surface area contributed by atoms with Crippen molar-refractivity contribution in [3.8, 4) is 11.1 Å². The number of Topliss-reactive ketones (excluding diaryl/α,β-unsaturated/α-hetero) is 1. The van der Waals surface area contributed by atoms with Gasteiger partial charge in [0, 0.05) is 23.6 Å². The van der Waals surface area contributed by atoms with Crippen LogP contribution in [0.15, 0.2) is 66.9 Å². The largest absolute Gasteiger partial charge is 0.448 e. The summed E-state index contributed by atoms with van der Waals surface area (Å²) in [4.78, 5) is 31.5. The molecule has 6 nitrogen and oxygen atoms in total. The molecular formula is C29H25F3N2O4. The van der Waals surface area contributed by atoms with E-state index in [1.54, 1.807) is 4.90 Å². The van der Waals surface area contributed by atoms with Gasteiger partial charge in [-0.15, -0.1) is 0 Å². The second-order valence-corrected chi connectivity index (χ2v) is 10.0. The minimum Gasteiger partial charge on any atom is -0.448 e. The molecule has 3 aliphatic rings. The Morgan fingerprint density at radius 1 is 0.921 bits per heavy atom. The Bertz CT molecular complexity index is 1320. The summed E-state index contributed by atoms with van der Waals surface area (Å²) < 4.78 is 50.1. The van der Waals surface area contributed by atoms with Crippen molar-refractivity contribution in [2.24, 2.45) is 5.92 Å². The highest BCUT2D eigenvalue weighted by Crippen LogP contribution is 2.45. The lowest BCUT2D eigenvalue weighted by Gasteiger charge is -2.47. The molecule has 1 aliphatic carbocycles. The SMILES string of the molecule is O=C(c1ccc(C(F)(F)F)nc1)C1CC2COCC(C1)N2C(=O)OCC1c2ccccc2-c2ccccc21. The Balaban J connectivity index is 1.14. The number of carbonyl (C=O) groups is 2. The van der Waals surface area contributed by atoms with Crippen LogP contribution in [-0.4, -0.2) is 53.7 Å². The number of piperidine rings is 1. The van der Waals surface area contributed by atoms with Crippen molar-refractivity contribution in [3.63, 3.8) is 0 Å². The van der Waals surface area contributed by atoms with E-state index >= 15 is 0 Å². The number of hydrogen-bond acceptors (Lipinski definition) is 5. The van der Waals surface area contributed by atoms with E-state index in [4.69, 9.17) is 9.47 Å². The van der Waals surface area contributed by atoms with Gasteiger partial charge < -0.3 is 9.47 Å². The van der Waals surface area contributed by atoms with Crippen molar-refractivity contribution in [1.29, 1.82) is 0 Å². The van der Waals surface area contributed by atoms with Gasteiger partial charge in [-0.05, 0) is 47.2 Å². The lowest BCUT2D eigenvalue weighted by atomic mass is 9.81. The molecule has 0 spiro atoms. The van der Waals surface area contributed by atoms with Gasteiger partial charge in [-0.2, -0.15) is 13.2 Å². The maximum atomic E-state index is 13.3. The molecule has 2 aliphatic heterocycles. The number of alkyl halides is 3. The number of rotatable bonds is 4. The van der Waals surface area contributed by atoms with Crippen molar-refractivity contribution in [1.82, 2.24) is 9.88 Å². The summed E-state index contributed by atoms with van der Waals surface area (Å²) in [7, 11) is 0. The molecule has 2 atom stereocenters. The van der Waals surface area contributed by atoms with Gasteiger partial charge >= 0.3 is 12.3 Å². The van der Waals surface area contributed by atoms with E-state index < -0.39 is 23.9 Å². The molecule has 2 bridgehead atoms. The molecule has 3 aromatic rings. The first-order chi connectivity index (χ1) is 18.3. The summed E-state index contributed by atoms with van der Waals surface area (Å²) >= 11 is 0. The third-order valence-electron chi connectivity index (χ3n) is 7.78. The van der Waals surface area contributed by atoms with Gasteiger partial charge in [-0.25, -0.2) is 4.79 Å². The molecule has 0 radical (unpaired) electrons. The number of ether oxygens (including phenoxy) is 2. The van der Waals surface area contributed by atoms with E-state index in [0.29, 0.717) is 12.8 Å². The number of nitrogens with zero attached hydrogens (tertiary/aromatic N) is 2. The number of aromatic nitrogens is 1. The lowest BCUT2D eigenvalue weighted by molar-refractivity contribution is -0.141. The molecular weight excluding hydrogens is 497 g/mol. The molecule has 196 valence electrons. The van der Waals surface area contributed by atoms with Crippen LogP contribution < -0.4 is 0 Å². The van der Waals surface area contributed by atoms with Crippen LogP contribution in [0.3, 0.4) is 0 Å². The number of halogens is 3. The van der Waals surface area contributed by atoms with Crippen LogP contribution in [0.1, 0.15) is 45.9 Å². The fraction of sp³-hybridized carbons (Fsp3) is 0.345. The van der Waals surface area contributed by atoms with Gasteiger partial charge in [0.25, 0.3) is 0 Å². The molecule has 6 rings (SSSR count). The topological polar surface area (TPSA) is 68.7 Å². The van der Waals surface area contributed by atoms with E-state index in [2.05, 4.69) is 29.2 Å². The maximum Gasteiger partial charge on any atom is 0.433 e. The number of pyridine rings is 1. The lowest BCUT2D eigenvalue weighted by Crippen LogP contribution is -2.60. The molecule has 9 heteroatoms. The molecule has 1 aromatic heterocycles. The number of benzene rings is 2. The Hall–Kier alpha value is -3.72. The maximum absolute atomic E-state index is 13.3. The Labute approximate surface area is 217 Å². The summed E-state index contributed by atoms with van der Waals surface area (Å²) in [6.45, 7) is 0.745. The van der Waals surface area contributed by atoms with Gasteiger partial charge in [-0.3, -0.25) is 14.7 Å². The number of amides is 1. The fourth-order valence-electron chi connectivity index (χ4n) is 6.04. The smallest absolute Gasteiger partial charge is 0.433 e. The second-order valence-electron chi connectivity index (χ2n) is 10.0. The molecule has 2 fully saturated rings. The van der Waals surface area contributed by atoms with E-state index in [-0.39, 0.29) is 49.2 Å². The van der Waals surface area contributed by atoms with Crippen LogP contribution in [0.2, 0.25) is 0 Å². The Morgan fingerprint density at radius 2 is 1.53 bits per heavy atom. The highest BCUT2D eigenvalue weighted by Gasteiger charge is 2.45. The van der Waals surface area contributed by atoms with E-state index in [0.717, 1.165) is 34.5 Å². The van der Waals surface area contributed by atoms with Gasteiger partial charge in [0.15, 0.2) is 5.78 Å².